The SMILES string of the molecule is C/C=C(\C)CN(C)C[C@H]1CC(=O)N(C2CCCC2)C1. The van der Waals surface area contributed by atoms with Crippen molar-refractivity contribution in [1.29, 1.82) is 0 Å². The minimum atomic E-state index is 0.396. The van der Waals surface area contributed by atoms with Gasteiger partial charge in [0, 0.05) is 32.1 Å². The average Bonchev–Trinajstić information content (AvgIpc) is 2.98. The van der Waals surface area contributed by atoms with E-state index in [0.717, 1.165) is 26.1 Å². The molecule has 1 amide bonds. The maximum Gasteiger partial charge on any atom is 0.223 e. The number of carbonyl (C=O) groups is 1. The first-order valence-corrected chi connectivity index (χ1v) is 7.70. The molecule has 3 heteroatoms. The van der Waals surface area contributed by atoms with Gasteiger partial charge >= 0.3 is 0 Å². The van der Waals surface area contributed by atoms with Gasteiger partial charge in [0.1, 0.15) is 0 Å². The van der Waals surface area contributed by atoms with E-state index in [1.54, 1.807) is 0 Å². The number of amides is 1. The normalized spacial score (nSPS) is 25.9. The Labute approximate surface area is 117 Å². The van der Waals surface area contributed by atoms with Gasteiger partial charge in [-0.05, 0) is 39.7 Å². The van der Waals surface area contributed by atoms with E-state index in [4.69, 9.17) is 0 Å². The molecule has 3 nitrogen and oxygen atoms in total. The number of nitrogens with zero attached hydrogens (tertiary/aromatic N) is 2. The standard InChI is InChI=1S/C16H28N2O/c1-4-13(2)10-17(3)11-14-9-16(19)18(12-14)15-7-5-6-8-15/h4,14-15H,5-12H2,1-3H3/b13-4+/t14-/m1/s1. The summed E-state index contributed by atoms with van der Waals surface area (Å²) in [5.41, 5.74) is 1.40. The summed E-state index contributed by atoms with van der Waals surface area (Å²) in [5, 5.41) is 0. The summed E-state index contributed by atoms with van der Waals surface area (Å²) >= 11 is 0. The summed E-state index contributed by atoms with van der Waals surface area (Å²) in [6.07, 6.45) is 7.99. The number of hydrogen-bond donors (Lipinski definition) is 0. The Bertz CT molecular complexity index is 345. The van der Waals surface area contributed by atoms with Gasteiger partial charge in [0.15, 0.2) is 0 Å². The Hall–Kier alpha value is -0.830. The fraction of sp³-hybridized carbons (Fsp3) is 0.812. The maximum atomic E-state index is 12.1. The molecule has 0 aromatic rings. The van der Waals surface area contributed by atoms with Crippen molar-refractivity contribution in [3.05, 3.63) is 11.6 Å². The van der Waals surface area contributed by atoms with E-state index in [2.05, 4.69) is 36.8 Å². The largest absolute Gasteiger partial charge is 0.339 e. The van der Waals surface area contributed by atoms with E-state index in [9.17, 15) is 4.79 Å². The lowest BCUT2D eigenvalue weighted by Crippen LogP contribution is -2.35. The van der Waals surface area contributed by atoms with Crippen LogP contribution >= 0.6 is 0 Å². The smallest absolute Gasteiger partial charge is 0.223 e. The molecule has 0 radical (unpaired) electrons. The van der Waals surface area contributed by atoms with E-state index in [1.165, 1.54) is 31.3 Å². The second kappa shape index (κ2) is 6.56. The van der Waals surface area contributed by atoms with Crippen molar-refractivity contribution < 1.29 is 4.79 Å². The molecule has 0 N–H and O–H groups in total. The van der Waals surface area contributed by atoms with E-state index < -0.39 is 0 Å². The van der Waals surface area contributed by atoms with Crippen LogP contribution in [-0.4, -0.2) is 48.4 Å². The predicted octanol–water partition coefficient (Wildman–Crippen LogP) is 2.68. The first-order valence-electron chi connectivity index (χ1n) is 7.70. The molecule has 1 heterocycles. The number of carbonyl (C=O) groups excluding carboxylic acids is 1. The minimum absolute atomic E-state index is 0.396. The van der Waals surface area contributed by atoms with Crippen LogP contribution in [0.1, 0.15) is 46.0 Å². The second-order valence-electron chi connectivity index (χ2n) is 6.39. The molecule has 0 unspecified atom stereocenters. The molecule has 1 aliphatic heterocycles. The van der Waals surface area contributed by atoms with Gasteiger partial charge in [-0.15, -0.1) is 0 Å². The second-order valence-corrected chi connectivity index (χ2v) is 6.39. The molecule has 19 heavy (non-hydrogen) atoms. The van der Waals surface area contributed by atoms with Gasteiger partial charge in [-0.3, -0.25) is 4.79 Å². The quantitative estimate of drug-likeness (QED) is 0.713. The van der Waals surface area contributed by atoms with Crippen LogP contribution in [0.5, 0.6) is 0 Å². The van der Waals surface area contributed by atoms with Crippen molar-refractivity contribution in [2.75, 3.05) is 26.7 Å². The fourth-order valence-corrected chi connectivity index (χ4v) is 3.52. The Balaban J connectivity index is 1.81. The number of likely N-dealkylation sites (tertiary alicyclic amines) is 1. The van der Waals surface area contributed by atoms with Crippen molar-refractivity contribution in [3.63, 3.8) is 0 Å². The van der Waals surface area contributed by atoms with Crippen LogP contribution in [0.15, 0.2) is 11.6 Å². The van der Waals surface area contributed by atoms with Gasteiger partial charge in [0.25, 0.3) is 0 Å². The van der Waals surface area contributed by atoms with Crippen molar-refractivity contribution >= 4 is 5.91 Å². The summed E-state index contributed by atoms with van der Waals surface area (Å²) in [6.45, 7) is 7.30. The highest BCUT2D eigenvalue weighted by molar-refractivity contribution is 5.79. The summed E-state index contributed by atoms with van der Waals surface area (Å²) in [5.74, 6) is 0.927. The third kappa shape index (κ3) is 3.82. The molecule has 2 fully saturated rings. The Morgan fingerprint density at radius 2 is 2.11 bits per heavy atom. The molecule has 2 aliphatic rings. The van der Waals surface area contributed by atoms with Crippen LogP contribution in [0.2, 0.25) is 0 Å². The molecule has 0 aromatic carbocycles. The van der Waals surface area contributed by atoms with Crippen LogP contribution in [0.4, 0.5) is 0 Å². The molecule has 108 valence electrons. The van der Waals surface area contributed by atoms with Crippen LogP contribution in [0.25, 0.3) is 0 Å². The molecular weight excluding hydrogens is 236 g/mol. The van der Waals surface area contributed by atoms with Crippen LogP contribution in [0.3, 0.4) is 0 Å². The minimum Gasteiger partial charge on any atom is -0.339 e. The highest BCUT2D eigenvalue weighted by atomic mass is 16.2. The van der Waals surface area contributed by atoms with Crippen LogP contribution < -0.4 is 0 Å². The highest BCUT2D eigenvalue weighted by Crippen LogP contribution is 2.29. The van der Waals surface area contributed by atoms with Gasteiger partial charge < -0.3 is 9.80 Å². The van der Waals surface area contributed by atoms with Gasteiger partial charge in [-0.1, -0.05) is 24.5 Å². The van der Waals surface area contributed by atoms with E-state index in [0.29, 0.717) is 17.9 Å². The summed E-state index contributed by atoms with van der Waals surface area (Å²) in [6, 6.07) is 0.556. The fourth-order valence-electron chi connectivity index (χ4n) is 3.52. The third-order valence-corrected chi connectivity index (χ3v) is 4.59. The lowest BCUT2D eigenvalue weighted by Gasteiger charge is -2.25. The summed E-state index contributed by atoms with van der Waals surface area (Å²) < 4.78 is 0. The lowest BCUT2D eigenvalue weighted by atomic mass is 10.1. The highest BCUT2D eigenvalue weighted by Gasteiger charge is 2.35. The Kier molecular flexibility index (Phi) is 5.03. The first kappa shape index (κ1) is 14.6. The first-order chi connectivity index (χ1) is 9.10. The van der Waals surface area contributed by atoms with Crippen LogP contribution in [-0.2, 0) is 4.79 Å². The van der Waals surface area contributed by atoms with Crippen molar-refractivity contribution in [1.82, 2.24) is 9.80 Å². The zero-order valence-corrected chi connectivity index (χ0v) is 12.7. The molecule has 1 atom stereocenters. The van der Waals surface area contributed by atoms with E-state index >= 15 is 0 Å². The third-order valence-electron chi connectivity index (χ3n) is 4.59. The molecule has 0 bridgehead atoms. The molecular formula is C16H28N2O. The molecule has 0 aromatic heterocycles. The number of allylic oxidation sites excluding steroid dienone is 1. The van der Waals surface area contributed by atoms with Crippen molar-refractivity contribution in [2.24, 2.45) is 5.92 Å². The number of likely N-dealkylation sites (N-methyl/N-ethyl adjacent to an activating group) is 1. The van der Waals surface area contributed by atoms with Gasteiger partial charge in [0.2, 0.25) is 5.91 Å². The van der Waals surface area contributed by atoms with E-state index in [-0.39, 0.29) is 0 Å². The van der Waals surface area contributed by atoms with Gasteiger partial charge in [-0.2, -0.15) is 0 Å². The lowest BCUT2D eigenvalue weighted by molar-refractivity contribution is -0.129. The monoisotopic (exact) mass is 264 g/mol. The van der Waals surface area contributed by atoms with Gasteiger partial charge in [-0.25, -0.2) is 0 Å². The van der Waals surface area contributed by atoms with Gasteiger partial charge in [0.05, 0.1) is 0 Å². The molecule has 2 rings (SSSR count). The average molecular weight is 264 g/mol. The molecule has 1 saturated carbocycles. The zero-order valence-electron chi connectivity index (χ0n) is 12.7. The van der Waals surface area contributed by atoms with Crippen molar-refractivity contribution in [2.45, 2.75) is 52.0 Å². The molecule has 1 aliphatic carbocycles. The maximum absolute atomic E-state index is 12.1. The number of hydrogen-bond acceptors (Lipinski definition) is 2. The molecule has 1 saturated heterocycles. The number of rotatable bonds is 5. The Morgan fingerprint density at radius 3 is 2.74 bits per heavy atom. The summed E-state index contributed by atoms with van der Waals surface area (Å²) in [4.78, 5) is 16.7. The Morgan fingerprint density at radius 1 is 1.42 bits per heavy atom. The van der Waals surface area contributed by atoms with Crippen LogP contribution in [0, 0.1) is 5.92 Å². The summed E-state index contributed by atoms with van der Waals surface area (Å²) in [7, 11) is 2.16. The zero-order chi connectivity index (χ0) is 13.8. The van der Waals surface area contributed by atoms with E-state index in [1.807, 2.05) is 0 Å². The molecule has 0 spiro atoms. The predicted molar refractivity (Wildman–Crippen MR) is 79.0 cm³/mol. The topological polar surface area (TPSA) is 23.6 Å². The van der Waals surface area contributed by atoms with Crippen molar-refractivity contribution in [3.8, 4) is 0 Å².